The van der Waals surface area contributed by atoms with Crippen molar-refractivity contribution in [3.63, 3.8) is 0 Å². The summed E-state index contributed by atoms with van der Waals surface area (Å²) in [4.78, 5) is 13.7. The van der Waals surface area contributed by atoms with Crippen molar-refractivity contribution in [1.29, 1.82) is 0 Å². The molecule has 0 N–H and O–H groups in total. The van der Waals surface area contributed by atoms with Gasteiger partial charge in [-0.2, -0.15) is 0 Å². The summed E-state index contributed by atoms with van der Waals surface area (Å²) < 4.78 is 0.863. The molecule has 0 unspecified atom stereocenters. The minimum atomic E-state index is -0.0219. The van der Waals surface area contributed by atoms with E-state index in [2.05, 4.69) is 15.9 Å². The van der Waals surface area contributed by atoms with Crippen LogP contribution in [0.5, 0.6) is 0 Å². The molecule has 0 saturated heterocycles. The Morgan fingerprint density at radius 1 is 1.40 bits per heavy atom. The van der Waals surface area contributed by atoms with Gasteiger partial charge in [0.1, 0.15) is 0 Å². The molecule has 2 nitrogen and oxygen atoms in total. The average Bonchev–Trinajstić information content (AvgIpc) is 2.23. The number of benzene rings is 1. The van der Waals surface area contributed by atoms with Crippen molar-refractivity contribution in [1.82, 2.24) is 4.90 Å². The molecule has 1 aromatic rings. The largest absolute Gasteiger partial charge is 0.339 e. The molecule has 0 aliphatic carbocycles. The fourth-order valence-corrected chi connectivity index (χ4v) is 1.90. The lowest BCUT2D eigenvalue weighted by Gasteiger charge is -2.19. The summed E-state index contributed by atoms with van der Waals surface area (Å²) in [5, 5.41) is 0.495. The maximum Gasteiger partial charge on any atom is 0.255 e. The van der Waals surface area contributed by atoms with Crippen molar-refractivity contribution in [3.05, 3.63) is 33.3 Å². The first kappa shape index (κ1) is 12.5. The van der Waals surface area contributed by atoms with Crippen molar-refractivity contribution in [3.8, 4) is 0 Å². The lowest BCUT2D eigenvalue weighted by atomic mass is 10.2. The van der Waals surface area contributed by atoms with Crippen LogP contribution < -0.4 is 0 Å². The quantitative estimate of drug-likeness (QED) is 0.833. The number of amides is 1. The summed E-state index contributed by atoms with van der Waals surface area (Å²) in [6, 6.07) is 5.30. The van der Waals surface area contributed by atoms with Gasteiger partial charge < -0.3 is 4.90 Å². The van der Waals surface area contributed by atoms with Crippen molar-refractivity contribution >= 4 is 33.4 Å². The molecule has 0 bridgehead atoms. The number of halogens is 2. The standard InChI is InChI=1S/C11H13BrClNO/c1-3-14(4-2)11(15)9-7-8(12)5-6-10(9)13/h5-7H,3-4H2,1-2H3. The van der Waals surface area contributed by atoms with Gasteiger partial charge in [-0.25, -0.2) is 0 Å². The zero-order chi connectivity index (χ0) is 11.4. The Bertz CT molecular complexity index is 364. The summed E-state index contributed by atoms with van der Waals surface area (Å²) in [5.41, 5.74) is 0.551. The van der Waals surface area contributed by atoms with E-state index in [4.69, 9.17) is 11.6 Å². The summed E-state index contributed by atoms with van der Waals surface area (Å²) >= 11 is 9.31. The Morgan fingerprint density at radius 3 is 2.53 bits per heavy atom. The van der Waals surface area contributed by atoms with Gasteiger partial charge in [-0.3, -0.25) is 4.79 Å². The second-order valence-electron chi connectivity index (χ2n) is 3.10. The zero-order valence-electron chi connectivity index (χ0n) is 8.76. The van der Waals surface area contributed by atoms with E-state index in [-0.39, 0.29) is 5.91 Å². The van der Waals surface area contributed by atoms with Gasteiger partial charge in [0.05, 0.1) is 10.6 Å². The number of hydrogen-bond acceptors (Lipinski definition) is 1. The molecule has 0 fully saturated rings. The molecule has 15 heavy (non-hydrogen) atoms. The van der Waals surface area contributed by atoms with E-state index in [0.29, 0.717) is 23.7 Å². The van der Waals surface area contributed by atoms with E-state index in [9.17, 15) is 4.79 Å². The number of nitrogens with zero attached hydrogens (tertiary/aromatic N) is 1. The van der Waals surface area contributed by atoms with Crippen molar-refractivity contribution in [2.24, 2.45) is 0 Å². The fraction of sp³-hybridized carbons (Fsp3) is 0.364. The van der Waals surface area contributed by atoms with Gasteiger partial charge in [-0.1, -0.05) is 27.5 Å². The van der Waals surface area contributed by atoms with E-state index >= 15 is 0 Å². The zero-order valence-corrected chi connectivity index (χ0v) is 11.1. The molecule has 82 valence electrons. The van der Waals surface area contributed by atoms with Gasteiger partial charge in [-0.15, -0.1) is 0 Å². The molecular weight excluding hydrogens is 277 g/mol. The number of hydrogen-bond donors (Lipinski definition) is 0. The van der Waals surface area contributed by atoms with Gasteiger partial charge in [0.25, 0.3) is 5.91 Å². The predicted octanol–water partition coefficient (Wildman–Crippen LogP) is 3.58. The second kappa shape index (κ2) is 5.52. The second-order valence-corrected chi connectivity index (χ2v) is 4.42. The van der Waals surface area contributed by atoms with Crippen LogP contribution in [0.15, 0.2) is 22.7 Å². The number of carbonyl (C=O) groups excluding carboxylic acids is 1. The van der Waals surface area contributed by atoms with E-state index in [0.717, 1.165) is 4.47 Å². The Morgan fingerprint density at radius 2 is 2.00 bits per heavy atom. The predicted molar refractivity (Wildman–Crippen MR) is 66.4 cm³/mol. The SMILES string of the molecule is CCN(CC)C(=O)c1cc(Br)ccc1Cl. The highest BCUT2D eigenvalue weighted by Gasteiger charge is 2.15. The molecule has 0 aromatic heterocycles. The number of carbonyl (C=O) groups is 1. The first-order chi connectivity index (χ1) is 7.10. The molecule has 4 heteroatoms. The minimum absolute atomic E-state index is 0.0219. The molecule has 0 aliphatic rings. The molecule has 1 rings (SSSR count). The Labute approximate surface area is 103 Å². The monoisotopic (exact) mass is 289 g/mol. The van der Waals surface area contributed by atoms with Gasteiger partial charge in [-0.05, 0) is 32.0 Å². The third-order valence-corrected chi connectivity index (χ3v) is 3.03. The van der Waals surface area contributed by atoms with Gasteiger partial charge in [0.2, 0.25) is 0 Å². The summed E-state index contributed by atoms with van der Waals surface area (Å²) in [6.07, 6.45) is 0. The number of rotatable bonds is 3. The topological polar surface area (TPSA) is 20.3 Å². The van der Waals surface area contributed by atoms with Crippen LogP contribution in [-0.2, 0) is 0 Å². The van der Waals surface area contributed by atoms with E-state index in [1.54, 1.807) is 17.0 Å². The van der Waals surface area contributed by atoms with Crippen molar-refractivity contribution in [2.75, 3.05) is 13.1 Å². The molecule has 1 amide bonds. The van der Waals surface area contributed by atoms with Crippen LogP contribution in [0.2, 0.25) is 5.02 Å². The molecule has 1 aromatic carbocycles. The molecule has 0 spiro atoms. The van der Waals surface area contributed by atoms with Gasteiger partial charge in [0.15, 0.2) is 0 Å². The highest BCUT2D eigenvalue weighted by molar-refractivity contribution is 9.10. The highest BCUT2D eigenvalue weighted by atomic mass is 79.9. The Balaban J connectivity index is 3.04. The van der Waals surface area contributed by atoms with E-state index < -0.39 is 0 Å². The van der Waals surface area contributed by atoms with Gasteiger partial charge >= 0.3 is 0 Å². The highest BCUT2D eigenvalue weighted by Crippen LogP contribution is 2.22. The van der Waals surface area contributed by atoms with Crippen molar-refractivity contribution < 1.29 is 4.79 Å². The van der Waals surface area contributed by atoms with Gasteiger partial charge in [0, 0.05) is 17.6 Å². The maximum atomic E-state index is 12.0. The van der Waals surface area contributed by atoms with E-state index in [1.807, 2.05) is 19.9 Å². The average molecular weight is 291 g/mol. The van der Waals surface area contributed by atoms with E-state index in [1.165, 1.54) is 0 Å². The van der Waals surface area contributed by atoms with Crippen LogP contribution in [0.25, 0.3) is 0 Å². The summed E-state index contributed by atoms with van der Waals surface area (Å²) in [5.74, 6) is -0.0219. The Hall–Kier alpha value is -0.540. The van der Waals surface area contributed by atoms with Crippen molar-refractivity contribution in [2.45, 2.75) is 13.8 Å². The fourth-order valence-electron chi connectivity index (χ4n) is 1.34. The first-order valence-corrected chi connectivity index (χ1v) is 6.01. The maximum absolute atomic E-state index is 12.0. The van der Waals surface area contributed by atoms with Crippen LogP contribution >= 0.6 is 27.5 Å². The lowest BCUT2D eigenvalue weighted by Crippen LogP contribution is -2.30. The first-order valence-electron chi connectivity index (χ1n) is 4.84. The molecule has 0 saturated carbocycles. The van der Waals surface area contributed by atoms with Crippen LogP contribution in [0.4, 0.5) is 0 Å². The molecule has 0 atom stereocenters. The third-order valence-electron chi connectivity index (χ3n) is 2.21. The Kier molecular flexibility index (Phi) is 4.61. The van der Waals surface area contributed by atoms with Crippen LogP contribution in [0.1, 0.15) is 24.2 Å². The van der Waals surface area contributed by atoms with Crippen LogP contribution in [-0.4, -0.2) is 23.9 Å². The molecule has 0 radical (unpaired) electrons. The lowest BCUT2D eigenvalue weighted by molar-refractivity contribution is 0.0773. The normalized spacial score (nSPS) is 10.1. The van der Waals surface area contributed by atoms with Crippen LogP contribution in [0, 0.1) is 0 Å². The summed E-state index contributed by atoms with van der Waals surface area (Å²) in [7, 11) is 0. The summed E-state index contributed by atoms with van der Waals surface area (Å²) in [6.45, 7) is 5.29. The molecule has 0 heterocycles. The molecule has 0 aliphatic heterocycles. The molecular formula is C11H13BrClNO. The smallest absolute Gasteiger partial charge is 0.255 e. The minimum Gasteiger partial charge on any atom is -0.339 e. The van der Waals surface area contributed by atoms with Crippen LogP contribution in [0.3, 0.4) is 0 Å². The third kappa shape index (κ3) is 2.95.